The third-order valence-corrected chi connectivity index (χ3v) is 3.08. The van der Waals surface area contributed by atoms with Crippen molar-refractivity contribution in [1.82, 2.24) is 10.2 Å². The monoisotopic (exact) mass is 323 g/mol. The van der Waals surface area contributed by atoms with Gasteiger partial charge in [0.15, 0.2) is 12.3 Å². The summed E-state index contributed by atoms with van der Waals surface area (Å²) in [6.07, 6.45) is 0. The zero-order valence-corrected chi connectivity index (χ0v) is 11.3. The molecule has 0 unspecified atom stereocenters. The molecule has 0 atom stereocenters. The van der Waals surface area contributed by atoms with Crippen LogP contribution in [0.4, 0.5) is 0 Å². The standard InChI is InChI=1S/C12H10BrN3O3/c13-9-10(7-4-2-1-3-5-7)15-16-11(9)12(18)19-6-8(14)17/h1-5H,6H2,(H2,14,17)(H,15,16). The van der Waals surface area contributed by atoms with E-state index in [-0.39, 0.29) is 5.69 Å². The Morgan fingerprint density at radius 2 is 2.00 bits per heavy atom. The molecule has 19 heavy (non-hydrogen) atoms. The summed E-state index contributed by atoms with van der Waals surface area (Å²) in [6, 6.07) is 9.33. The molecule has 0 aliphatic rings. The quantitative estimate of drug-likeness (QED) is 0.832. The number of hydrogen-bond acceptors (Lipinski definition) is 4. The van der Waals surface area contributed by atoms with E-state index >= 15 is 0 Å². The first-order chi connectivity index (χ1) is 9.09. The minimum absolute atomic E-state index is 0.139. The van der Waals surface area contributed by atoms with E-state index in [4.69, 9.17) is 10.5 Å². The van der Waals surface area contributed by atoms with Crippen LogP contribution in [0.1, 0.15) is 10.5 Å². The molecule has 0 saturated carbocycles. The number of amides is 1. The normalized spacial score (nSPS) is 10.2. The second-order valence-corrected chi connectivity index (χ2v) is 4.46. The molecule has 0 aliphatic carbocycles. The Kier molecular flexibility index (Phi) is 3.96. The molecular formula is C12H10BrN3O3. The largest absolute Gasteiger partial charge is 0.451 e. The fourth-order valence-corrected chi connectivity index (χ4v) is 2.03. The van der Waals surface area contributed by atoms with Crippen molar-refractivity contribution in [2.24, 2.45) is 5.73 Å². The summed E-state index contributed by atoms with van der Waals surface area (Å²) < 4.78 is 5.18. The summed E-state index contributed by atoms with van der Waals surface area (Å²) in [5.41, 5.74) is 6.47. The van der Waals surface area contributed by atoms with Gasteiger partial charge in [-0.3, -0.25) is 9.89 Å². The van der Waals surface area contributed by atoms with Crippen molar-refractivity contribution in [2.75, 3.05) is 6.61 Å². The summed E-state index contributed by atoms with van der Waals surface area (Å²) in [4.78, 5) is 22.2. The zero-order chi connectivity index (χ0) is 13.8. The number of rotatable bonds is 4. The van der Waals surface area contributed by atoms with Crippen molar-refractivity contribution in [3.05, 3.63) is 40.5 Å². The molecule has 0 fully saturated rings. The lowest BCUT2D eigenvalue weighted by Crippen LogP contribution is -2.21. The highest BCUT2D eigenvalue weighted by atomic mass is 79.9. The van der Waals surface area contributed by atoms with Crippen molar-refractivity contribution in [3.63, 3.8) is 0 Å². The fourth-order valence-electron chi connectivity index (χ4n) is 1.46. The first-order valence-corrected chi connectivity index (χ1v) is 6.13. The Balaban J connectivity index is 2.24. The number of carbonyl (C=O) groups excluding carboxylic acids is 2. The van der Waals surface area contributed by atoms with Gasteiger partial charge in [0.05, 0.1) is 4.47 Å². The summed E-state index contributed by atoms with van der Waals surface area (Å²) >= 11 is 3.28. The van der Waals surface area contributed by atoms with Crippen molar-refractivity contribution >= 4 is 27.8 Å². The zero-order valence-electron chi connectivity index (χ0n) is 9.72. The Bertz CT molecular complexity index is 610. The first-order valence-electron chi connectivity index (χ1n) is 5.34. The van der Waals surface area contributed by atoms with Gasteiger partial charge in [0.1, 0.15) is 5.69 Å². The van der Waals surface area contributed by atoms with Gasteiger partial charge in [-0.15, -0.1) is 0 Å². The minimum Gasteiger partial charge on any atom is -0.451 e. The smallest absolute Gasteiger partial charge is 0.358 e. The number of nitrogens with two attached hydrogens (primary N) is 1. The third-order valence-electron chi connectivity index (χ3n) is 2.30. The SMILES string of the molecule is NC(=O)COC(=O)c1[nH]nc(-c2ccccc2)c1Br. The van der Waals surface area contributed by atoms with Gasteiger partial charge < -0.3 is 10.5 Å². The van der Waals surface area contributed by atoms with Gasteiger partial charge in [-0.05, 0) is 15.9 Å². The van der Waals surface area contributed by atoms with Crippen molar-refractivity contribution < 1.29 is 14.3 Å². The maximum Gasteiger partial charge on any atom is 0.358 e. The molecule has 0 radical (unpaired) electrons. The lowest BCUT2D eigenvalue weighted by molar-refractivity contribution is -0.121. The lowest BCUT2D eigenvalue weighted by Gasteiger charge is -2.00. The molecule has 6 nitrogen and oxygen atoms in total. The van der Waals surface area contributed by atoms with E-state index in [0.717, 1.165) is 5.56 Å². The average molecular weight is 324 g/mol. The van der Waals surface area contributed by atoms with Gasteiger partial charge in [-0.2, -0.15) is 5.10 Å². The maximum absolute atomic E-state index is 11.7. The number of aromatic nitrogens is 2. The summed E-state index contributed by atoms with van der Waals surface area (Å²) in [6.45, 7) is -0.467. The van der Waals surface area contributed by atoms with Gasteiger partial charge in [0.2, 0.25) is 0 Å². The Morgan fingerprint density at radius 1 is 1.32 bits per heavy atom. The molecule has 3 N–H and O–H groups in total. The summed E-state index contributed by atoms with van der Waals surface area (Å²) in [5.74, 6) is -1.41. The molecule has 0 spiro atoms. The highest BCUT2D eigenvalue weighted by Crippen LogP contribution is 2.28. The van der Waals surface area contributed by atoms with Gasteiger partial charge in [0, 0.05) is 5.56 Å². The summed E-state index contributed by atoms with van der Waals surface area (Å²) in [5, 5.41) is 6.62. The van der Waals surface area contributed by atoms with Crippen molar-refractivity contribution in [1.29, 1.82) is 0 Å². The molecule has 0 aliphatic heterocycles. The van der Waals surface area contributed by atoms with Crippen LogP contribution in [0.3, 0.4) is 0 Å². The van der Waals surface area contributed by atoms with Crippen LogP contribution in [0.15, 0.2) is 34.8 Å². The van der Waals surface area contributed by atoms with E-state index in [9.17, 15) is 9.59 Å². The van der Waals surface area contributed by atoms with Crippen LogP contribution in [0.5, 0.6) is 0 Å². The molecule has 1 heterocycles. The molecule has 1 aromatic heterocycles. The third kappa shape index (κ3) is 3.00. The van der Waals surface area contributed by atoms with Crippen LogP contribution in [0.25, 0.3) is 11.3 Å². The Labute approximate surface area is 117 Å². The van der Waals surface area contributed by atoms with Gasteiger partial charge in [-0.25, -0.2) is 4.79 Å². The van der Waals surface area contributed by atoms with E-state index in [2.05, 4.69) is 26.1 Å². The fraction of sp³-hybridized carbons (Fsp3) is 0.0833. The van der Waals surface area contributed by atoms with Crippen LogP contribution in [0, 0.1) is 0 Å². The van der Waals surface area contributed by atoms with E-state index in [0.29, 0.717) is 10.2 Å². The topological polar surface area (TPSA) is 98.1 Å². The molecule has 98 valence electrons. The van der Waals surface area contributed by atoms with Crippen LogP contribution >= 0.6 is 15.9 Å². The van der Waals surface area contributed by atoms with Crippen molar-refractivity contribution in [3.8, 4) is 11.3 Å². The molecule has 2 rings (SSSR count). The molecule has 0 saturated heterocycles. The van der Waals surface area contributed by atoms with Gasteiger partial charge >= 0.3 is 5.97 Å². The van der Waals surface area contributed by atoms with Gasteiger partial charge in [0.25, 0.3) is 5.91 Å². The van der Waals surface area contributed by atoms with Gasteiger partial charge in [-0.1, -0.05) is 30.3 Å². The maximum atomic E-state index is 11.7. The summed E-state index contributed by atoms with van der Waals surface area (Å²) in [7, 11) is 0. The first kappa shape index (κ1) is 13.3. The second kappa shape index (κ2) is 5.66. The van der Waals surface area contributed by atoms with Crippen LogP contribution in [0.2, 0.25) is 0 Å². The van der Waals surface area contributed by atoms with Crippen LogP contribution < -0.4 is 5.73 Å². The number of ether oxygens (including phenoxy) is 1. The number of esters is 1. The van der Waals surface area contributed by atoms with Crippen LogP contribution in [-0.4, -0.2) is 28.7 Å². The number of carbonyl (C=O) groups is 2. The predicted octanol–water partition coefficient (Wildman–Crippen LogP) is 1.48. The number of primary amides is 1. The Morgan fingerprint density at radius 3 is 2.63 bits per heavy atom. The molecule has 0 bridgehead atoms. The number of aromatic amines is 1. The molecular weight excluding hydrogens is 314 g/mol. The second-order valence-electron chi connectivity index (χ2n) is 3.67. The predicted molar refractivity (Wildman–Crippen MR) is 71.2 cm³/mol. The van der Waals surface area contributed by atoms with Crippen LogP contribution in [-0.2, 0) is 9.53 Å². The minimum atomic E-state index is -0.715. The van der Waals surface area contributed by atoms with E-state index in [1.807, 2.05) is 30.3 Å². The number of halogens is 1. The van der Waals surface area contributed by atoms with E-state index in [1.165, 1.54) is 0 Å². The number of H-pyrrole nitrogens is 1. The number of benzene rings is 1. The molecule has 7 heteroatoms. The lowest BCUT2D eigenvalue weighted by atomic mass is 10.1. The molecule has 2 aromatic rings. The van der Waals surface area contributed by atoms with E-state index < -0.39 is 18.5 Å². The number of nitrogens with one attached hydrogen (secondary N) is 1. The highest BCUT2D eigenvalue weighted by Gasteiger charge is 2.19. The number of nitrogens with zero attached hydrogens (tertiary/aromatic N) is 1. The van der Waals surface area contributed by atoms with E-state index in [1.54, 1.807) is 0 Å². The molecule has 1 aromatic carbocycles. The highest BCUT2D eigenvalue weighted by molar-refractivity contribution is 9.10. The number of hydrogen-bond donors (Lipinski definition) is 2. The molecule has 1 amide bonds. The van der Waals surface area contributed by atoms with Crippen molar-refractivity contribution in [2.45, 2.75) is 0 Å². The average Bonchev–Trinajstić information content (AvgIpc) is 2.79. The Hall–Kier alpha value is -2.15.